The highest BCUT2D eigenvalue weighted by Crippen LogP contribution is 2.21. The maximum absolute atomic E-state index is 5.46. The fourth-order valence-electron chi connectivity index (χ4n) is 1.59. The summed E-state index contributed by atoms with van der Waals surface area (Å²) in [7, 11) is 0. The van der Waals surface area contributed by atoms with Crippen LogP contribution in [0, 0.1) is 0 Å². The first-order valence-electron chi connectivity index (χ1n) is 5.01. The molecule has 1 heterocycles. The molecule has 0 saturated heterocycles. The van der Waals surface area contributed by atoms with E-state index in [-0.39, 0.29) is 0 Å². The Hall–Kier alpha value is -1.35. The molecule has 1 aromatic rings. The van der Waals surface area contributed by atoms with Crippen LogP contribution in [0.4, 0.5) is 5.69 Å². The molecule has 0 bridgehead atoms. The Bertz CT molecular complexity index is 386. The number of hydrogen-bond acceptors (Lipinski definition) is 2. The molecule has 0 aliphatic carbocycles. The molecular formula is C12H13NOS. The average Bonchev–Trinajstić information content (AvgIpc) is 2.61. The minimum Gasteiger partial charge on any atom is -0.496 e. The van der Waals surface area contributed by atoms with Crippen LogP contribution in [0.2, 0.25) is 0 Å². The van der Waals surface area contributed by atoms with Gasteiger partial charge in [-0.3, -0.25) is 0 Å². The van der Waals surface area contributed by atoms with E-state index in [9.17, 15) is 0 Å². The Morgan fingerprint density at radius 2 is 2.07 bits per heavy atom. The molecule has 0 radical (unpaired) electrons. The minimum atomic E-state index is 0.692. The highest BCUT2D eigenvalue weighted by Gasteiger charge is 2.20. The zero-order chi connectivity index (χ0) is 10.7. The topological polar surface area (TPSA) is 12.5 Å². The van der Waals surface area contributed by atoms with Crippen molar-refractivity contribution in [3.63, 3.8) is 0 Å². The Balaban J connectivity index is 2.13. The third-order valence-electron chi connectivity index (χ3n) is 2.26. The van der Waals surface area contributed by atoms with E-state index in [1.165, 1.54) is 0 Å². The second kappa shape index (κ2) is 4.45. The van der Waals surface area contributed by atoms with Gasteiger partial charge in [-0.1, -0.05) is 30.4 Å². The number of rotatable bonds is 3. The molecule has 1 aliphatic heterocycles. The summed E-state index contributed by atoms with van der Waals surface area (Å²) in [6.45, 7) is 3.42. The molecule has 0 saturated carbocycles. The molecule has 0 spiro atoms. The van der Waals surface area contributed by atoms with Gasteiger partial charge in [0.25, 0.3) is 0 Å². The van der Waals surface area contributed by atoms with E-state index < -0.39 is 0 Å². The number of ether oxygens (including phenoxy) is 1. The SMILES string of the molecule is CCOC1=CC(=S)N(c2ccccc2)C1. The van der Waals surface area contributed by atoms with Crippen LogP contribution in [-0.4, -0.2) is 18.1 Å². The molecule has 0 N–H and O–H groups in total. The largest absolute Gasteiger partial charge is 0.496 e. The highest BCUT2D eigenvalue weighted by molar-refractivity contribution is 7.81. The number of nitrogens with zero attached hydrogens (tertiary/aromatic N) is 1. The van der Waals surface area contributed by atoms with Crippen molar-refractivity contribution in [2.45, 2.75) is 6.92 Å². The number of anilines is 1. The summed E-state index contributed by atoms with van der Waals surface area (Å²) in [5, 5.41) is 0. The Labute approximate surface area is 95.2 Å². The minimum absolute atomic E-state index is 0.692. The van der Waals surface area contributed by atoms with Crippen molar-refractivity contribution in [3.8, 4) is 0 Å². The molecule has 0 unspecified atom stereocenters. The van der Waals surface area contributed by atoms with Crippen molar-refractivity contribution in [2.24, 2.45) is 0 Å². The van der Waals surface area contributed by atoms with Crippen LogP contribution in [-0.2, 0) is 4.74 Å². The van der Waals surface area contributed by atoms with Crippen molar-refractivity contribution < 1.29 is 4.74 Å². The molecule has 1 aliphatic rings. The van der Waals surface area contributed by atoms with Crippen LogP contribution in [0.5, 0.6) is 0 Å². The van der Waals surface area contributed by atoms with E-state index in [1.807, 2.05) is 31.2 Å². The number of benzene rings is 1. The fourth-order valence-corrected chi connectivity index (χ4v) is 1.90. The molecule has 2 nitrogen and oxygen atoms in total. The van der Waals surface area contributed by atoms with E-state index in [0.717, 1.165) is 23.0 Å². The zero-order valence-electron chi connectivity index (χ0n) is 8.64. The third-order valence-corrected chi connectivity index (χ3v) is 2.60. The molecular weight excluding hydrogens is 206 g/mol. The van der Waals surface area contributed by atoms with Gasteiger partial charge in [-0.25, -0.2) is 0 Å². The van der Waals surface area contributed by atoms with Crippen molar-refractivity contribution in [1.29, 1.82) is 0 Å². The first kappa shape index (κ1) is 10.2. The molecule has 1 aromatic carbocycles. The maximum atomic E-state index is 5.46. The van der Waals surface area contributed by atoms with Gasteiger partial charge in [0.2, 0.25) is 0 Å². The van der Waals surface area contributed by atoms with Crippen LogP contribution in [0.3, 0.4) is 0 Å². The Kier molecular flexibility index (Phi) is 3.02. The van der Waals surface area contributed by atoms with Crippen LogP contribution in [0.15, 0.2) is 42.2 Å². The number of para-hydroxylation sites is 1. The molecule has 0 atom stereocenters. The van der Waals surface area contributed by atoms with Crippen molar-refractivity contribution in [1.82, 2.24) is 0 Å². The predicted molar refractivity (Wildman–Crippen MR) is 66.1 cm³/mol. The normalized spacial score (nSPS) is 15.4. The molecule has 2 rings (SSSR count). The second-order valence-electron chi connectivity index (χ2n) is 3.30. The first-order valence-corrected chi connectivity index (χ1v) is 5.42. The van der Waals surface area contributed by atoms with E-state index in [1.54, 1.807) is 0 Å². The van der Waals surface area contributed by atoms with Gasteiger partial charge in [-0.05, 0) is 19.1 Å². The van der Waals surface area contributed by atoms with Gasteiger partial charge < -0.3 is 9.64 Å². The fraction of sp³-hybridized carbons (Fsp3) is 0.250. The second-order valence-corrected chi connectivity index (χ2v) is 3.72. The monoisotopic (exact) mass is 219 g/mol. The molecule has 3 heteroatoms. The lowest BCUT2D eigenvalue weighted by atomic mass is 10.3. The summed E-state index contributed by atoms with van der Waals surface area (Å²) < 4.78 is 5.46. The summed E-state index contributed by atoms with van der Waals surface area (Å²) in [5.74, 6) is 0.950. The van der Waals surface area contributed by atoms with Crippen LogP contribution in [0.25, 0.3) is 0 Å². The van der Waals surface area contributed by atoms with E-state index in [0.29, 0.717) is 6.61 Å². The van der Waals surface area contributed by atoms with Crippen LogP contribution in [0.1, 0.15) is 6.92 Å². The summed E-state index contributed by atoms with van der Waals surface area (Å²) in [4.78, 5) is 2.89. The lowest BCUT2D eigenvalue weighted by Gasteiger charge is -2.18. The number of thiocarbonyl (C=S) groups is 1. The Morgan fingerprint density at radius 3 is 2.73 bits per heavy atom. The van der Waals surface area contributed by atoms with Gasteiger partial charge in [0.15, 0.2) is 0 Å². The Morgan fingerprint density at radius 1 is 1.33 bits per heavy atom. The average molecular weight is 219 g/mol. The summed E-state index contributed by atoms with van der Waals surface area (Å²) in [6, 6.07) is 10.1. The summed E-state index contributed by atoms with van der Waals surface area (Å²) >= 11 is 5.28. The van der Waals surface area contributed by atoms with Crippen molar-refractivity contribution in [3.05, 3.63) is 42.2 Å². The standard InChI is InChI=1S/C12H13NOS/c1-2-14-11-8-12(15)13(9-11)10-6-4-3-5-7-10/h3-8H,2,9H2,1H3. The predicted octanol–water partition coefficient (Wildman–Crippen LogP) is 2.75. The van der Waals surface area contributed by atoms with Gasteiger partial charge in [0, 0.05) is 11.8 Å². The molecule has 78 valence electrons. The summed E-state index contributed by atoms with van der Waals surface area (Å²) in [6.07, 6.45) is 1.92. The van der Waals surface area contributed by atoms with Gasteiger partial charge in [-0.2, -0.15) is 0 Å². The van der Waals surface area contributed by atoms with E-state index in [4.69, 9.17) is 17.0 Å². The smallest absolute Gasteiger partial charge is 0.119 e. The quantitative estimate of drug-likeness (QED) is 0.725. The van der Waals surface area contributed by atoms with Crippen LogP contribution >= 0.6 is 12.2 Å². The third kappa shape index (κ3) is 2.18. The zero-order valence-corrected chi connectivity index (χ0v) is 9.46. The van der Waals surface area contributed by atoms with Gasteiger partial charge in [0.05, 0.1) is 13.2 Å². The highest BCUT2D eigenvalue weighted by atomic mass is 32.1. The molecule has 0 fully saturated rings. The van der Waals surface area contributed by atoms with Crippen molar-refractivity contribution >= 4 is 22.9 Å². The molecule has 15 heavy (non-hydrogen) atoms. The molecule has 0 aromatic heterocycles. The lowest BCUT2D eigenvalue weighted by Crippen LogP contribution is -2.24. The van der Waals surface area contributed by atoms with Gasteiger partial charge in [-0.15, -0.1) is 0 Å². The number of hydrogen-bond donors (Lipinski definition) is 0. The summed E-state index contributed by atoms with van der Waals surface area (Å²) in [5.41, 5.74) is 1.12. The maximum Gasteiger partial charge on any atom is 0.119 e. The first-order chi connectivity index (χ1) is 7.31. The van der Waals surface area contributed by atoms with Crippen LogP contribution < -0.4 is 4.90 Å². The van der Waals surface area contributed by atoms with Crippen molar-refractivity contribution in [2.75, 3.05) is 18.1 Å². The van der Waals surface area contributed by atoms with E-state index in [2.05, 4.69) is 17.0 Å². The van der Waals surface area contributed by atoms with Gasteiger partial charge in [0.1, 0.15) is 10.7 Å². The lowest BCUT2D eigenvalue weighted by molar-refractivity contribution is 0.229. The molecule has 0 amide bonds. The van der Waals surface area contributed by atoms with Gasteiger partial charge >= 0.3 is 0 Å². The van der Waals surface area contributed by atoms with E-state index >= 15 is 0 Å².